The van der Waals surface area contributed by atoms with Crippen molar-refractivity contribution >= 4 is 52.4 Å². The minimum absolute atomic E-state index is 0.0120. The molecule has 2 saturated heterocycles. The summed E-state index contributed by atoms with van der Waals surface area (Å²) < 4.78 is 80.3. The van der Waals surface area contributed by atoms with Crippen LogP contribution >= 0.6 is 0 Å². The molecule has 76 heavy (non-hydrogen) atoms. The molecule has 10 aliphatic rings. The topological polar surface area (TPSA) is 264 Å². The number of rotatable bonds is 14. The number of hydrogen-bond donors (Lipinski definition) is 2. The molecular formula is C53H62F2N10O11. The summed E-state index contributed by atoms with van der Waals surface area (Å²) in [6.07, 6.45) is 19.3. The molecule has 0 amide bonds. The van der Waals surface area contributed by atoms with Crippen LogP contribution in [0.15, 0.2) is 12.7 Å². The van der Waals surface area contributed by atoms with Crippen LogP contribution in [0, 0.1) is 95.0 Å². The van der Waals surface area contributed by atoms with Gasteiger partial charge in [-0.05, 0) is 126 Å². The number of carbonyl (C=O) groups is 3. The van der Waals surface area contributed by atoms with Crippen molar-refractivity contribution in [2.24, 2.45) is 58.2 Å². The van der Waals surface area contributed by atoms with Crippen LogP contribution in [0.1, 0.15) is 116 Å². The fraction of sp³-hybridized carbons (Fsp3) is 0.679. The van der Waals surface area contributed by atoms with Crippen molar-refractivity contribution in [1.29, 1.82) is 0 Å². The van der Waals surface area contributed by atoms with Gasteiger partial charge in [0.1, 0.15) is 51.1 Å². The highest BCUT2D eigenvalue weighted by atomic mass is 19.1. The molecule has 4 aromatic rings. The minimum Gasteiger partial charge on any atom is -0.434 e. The van der Waals surface area contributed by atoms with Crippen LogP contribution in [0.3, 0.4) is 0 Å². The fourth-order valence-corrected chi connectivity index (χ4v) is 16.2. The molecule has 2 unspecified atom stereocenters. The summed E-state index contributed by atoms with van der Waals surface area (Å²) in [6.45, 7) is 2.59. The van der Waals surface area contributed by atoms with Gasteiger partial charge in [0.05, 0.1) is 12.7 Å². The fourth-order valence-electron chi connectivity index (χ4n) is 16.2. The third kappa shape index (κ3) is 9.03. The summed E-state index contributed by atoms with van der Waals surface area (Å²) in [7, 11) is 0. The Labute approximate surface area is 436 Å². The Balaban J connectivity index is 0.756. The number of fused-ring (bicyclic) bond motifs is 2. The normalized spacial score (nSPS) is 36.4. The van der Waals surface area contributed by atoms with Gasteiger partial charge in [-0.3, -0.25) is 9.13 Å². The third-order valence-corrected chi connectivity index (χ3v) is 18.6. The Hall–Kier alpha value is -6.59. The zero-order valence-electron chi connectivity index (χ0n) is 42.4. The van der Waals surface area contributed by atoms with E-state index in [-0.39, 0.29) is 70.8 Å². The maximum atomic E-state index is 14.6. The molecule has 6 heterocycles. The van der Waals surface area contributed by atoms with Crippen LogP contribution in [0.5, 0.6) is 0 Å². The number of nitrogens with zero attached hydrogens (tertiary/aromatic N) is 8. The summed E-state index contributed by atoms with van der Waals surface area (Å²) in [6, 6.07) is 0. The Morgan fingerprint density at radius 3 is 1.28 bits per heavy atom. The zero-order chi connectivity index (χ0) is 52.9. The highest BCUT2D eigenvalue weighted by Crippen LogP contribution is 2.61. The van der Waals surface area contributed by atoms with Crippen molar-refractivity contribution in [3.63, 3.8) is 0 Å². The number of nitrogens with two attached hydrogens (primary N) is 2. The molecule has 2 aliphatic heterocycles. The zero-order valence-corrected chi connectivity index (χ0v) is 42.4. The highest BCUT2D eigenvalue weighted by molar-refractivity contribution is 5.82. The Morgan fingerprint density at radius 2 is 0.934 bits per heavy atom. The first kappa shape index (κ1) is 50.2. The first-order valence-electron chi connectivity index (χ1n) is 26.5. The average molecular weight is 1050 g/mol. The quantitative estimate of drug-likeness (QED) is 0.0533. The molecule has 404 valence electrons. The van der Waals surface area contributed by atoms with Gasteiger partial charge in [0.2, 0.25) is 0 Å². The van der Waals surface area contributed by atoms with Gasteiger partial charge < -0.3 is 49.4 Å². The average Bonchev–Trinajstić information content (AvgIpc) is 4.19. The second-order valence-corrected chi connectivity index (χ2v) is 23.7. The van der Waals surface area contributed by atoms with E-state index in [0.29, 0.717) is 35.5 Å². The molecule has 4 aromatic heterocycles. The van der Waals surface area contributed by atoms with Crippen LogP contribution in [0.4, 0.5) is 34.8 Å². The van der Waals surface area contributed by atoms with Gasteiger partial charge in [0.15, 0.2) is 45.2 Å². The van der Waals surface area contributed by atoms with Crippen LogP contribution in [0.25, 0.3) is 22.3 Å². The van der Waals surface area contributed by atoms with Crippen molar-refractivity contribution in [1.82, 2.24) is 39.0 Å². The van der Waals surface area contributed by atoms with E-state index in [9.17, 15) is 23.2 Å². The van der Waals surface area contributed by atoms with Crippen molar-refractivity contribution < 1.29 is 61.1 Å². The second kappa shape index (κ2) is 18.9. The predicted octanol–water partition coefficient (Wildman–Crippen LogP) is 7.59. The van der Waals surface area contributed by atoms with Crippen LogP contribution < -0.4 is 11.5 Å². The molecule has 8 bridgehead atoms. The summed E-state index contributed by atoms with van der Waals surface area (Å²) in [5.74, 6) is 6.97. The van der Waals surface area contributed by atoms with Crippen molar-refractivity contribution in [2.75, 3.05) is 37.9 Å². The first-order valence-corrected chi connectivity index (χ1v) is 26.5. The molecule has 0 spiro atoms. The number of hydrogen-bond acceptors (Lipinski definition) is 19. The largest absolute Gasteiger partial charge is 0.508 e. The smallest absolute Gasteiger partial charge is 0.434 e. The standard InChI is InChI=1S/C53H62F2N10O11/c1-5-52(23-71-47(66)69-21-50-15-29-7-30(16-50)9-31(8-29)17-50)35(13-37(75-52)64-25-58-39-41(56)60-45(54)62-43(39)64)27(3)73-49(68)74-28(4)36-14-38(65-26-59-40-42(57)61-46(55)63-44(40)65)76-53(36,6-2)24-72-48(67)70-22-51-18-32-10-33(19-51)12-34(11-32)20-51/h1-2,25-38H,7-24H2,3-4H3,(H2,56,60,62)(H2,57,61,63)/t27?,28?,29?,30?,31?,32?,33?,34?,35-,36-,37+,38+,50?,51?,52+,53+/m0/s1. The lowest BCUT2D eigenvalue weighted by Crippen LogP contribution is -2.49. The summed E-state index contributed by atoms with van der Waals surface area (Å²) in [4.78, 5) is 64.6. The molecule has 8 aliphatic carbocycles. The van der Waals surface area contributed by atoms with Crippen LogP contribution in [-0.4, -0.2) is 107 Å². The second-order valence-electron chi connectivity index (χ2n) is 23.7. The van der Waals surface area contributed by atoms with E-state index in [1.807, 2.05) is 0 Å². The highest BCUT2D eigenvalue weighted by Gasteiger charge is 2.57. The van der Waals surface area contributed by atoms with E-state index >= 15 is 0 Å². The number of halogens is 2. The Kier molecular flexibility index (Phi) is 12.5. The maximum Gasteiger partial charge on any atom is 0.508 e. The molecule has 8 saturated carbocycles. The van der Waals surface area contributed by atoms with E-state index in [2.05, 4.69) is 41.7 Å². The van der Waals surface area contributed by atoms with Gasteiger partial charge >= 0.3 is 30.6 Å². The number of ether oxygens (including phenoxy) is 8. The number of carbonyl (C=O) groups excluding carboxylic acids is 3. The first-order chi connectivity index (χ1) is 36.4. The molecule has 0 radical (unpaired) electrons. The van der Waals surface area contributed by atoms with Crippen molar-refractivity contribution in [3.05, 3.63) is 24.8 Å². The summed E-state index contributed by atoms with van der Waals surface area (Å²) in [5.41, 5.74) is 8.56. The van der Waals surface area contributed by atoms with E-state index in [0.717, 1.165) is 38.5 Å². The van der Waals surface area contributed by atoms with Gasteiger partial charge in [-0.15, -0.1) is 12.8 Å². The van der Waals surface area contributed by atoms with Gasteiger partial charge in [-0.1, -0.05) is 11.8 Å². The predicted molar refractivity (Wildman–Crippen MR) is 261 cm³/mol. The maximum absolute atomic E-state index is 14.6. The van der Waals surface area contributed by atoms with Gasteiger partial charge in [0, 0.05) is 35.5 Å². The molecule has 23 heteroatoms. The SMILES string of the molecule is C#C[C@]1(COC(=O)OCC23CC4CC(CC(C4)C2)C3)O[C@@H](n2cnc3c(N)nc(F)nc32)C[C@H]1C(C)OC(=O)OC(C)[C@@H]1C[C@H](n2cnc3c(N)nc(F)nc32)O[C@]1(C#C)COC(=O)OCC12CC3CC(CC(C3)C1)C2. The number of anilines is 2. The lowest BCUT2D eigenvalue weighted by molar-refractivity contribution is -0.117. The van der Waals surface area contributed by atoms with E-state index in [1.54, 1.807) is 13.8 Å². The van der Waals surface area contributed by atoms with E-state index in [1.165, 1.54) is 60.3 Å². The lowest BCUT2D eigenvalue weighted by Gasteiger charge is -2.56. The summed E-state index contributed by atoms with van der Waals surface area (Å²) >= 11 is 0. The van der Waals surface area contributed by atoms with Crippen LogP contribution in [0.2, 0.25) is 0 Å². The molecular weight excluding hydrogens is 991 g/mol. The number of terminal acetylenes is 2. The monoisotopic (exact) mass is 1050 g/mol. The molecule has 10 fully saturated rings. The van der Waals surface area contributed by atoms with Gasteiger partial charge in [0.25, 0.3) is 0 Å². The van der Waals surface area contributed by atoms with Crippen molar-refractivity contribution in [2.45, 2.75) is 140 Å². The molecule has 0 aromatic carbocycles. The number of aromatic nitrogens is 8. The Morgan fingerprint density at radius 1 is 0.592 bits per heavy atom. The molecule has 4 N–H and O–H groups in total. The molecule has 8 atom stereocenters. The van der Waals surface area contributed by atoms with E-state index in [4.69, 9.17) is 62.2 Å². The number of nitrogen functional groups attached to an aromatic ring is 2. The Bertz CT molecular complexity index is 2780. The van der Waals surface area contributed by atoms with Gasteiger partial charge in [-0.25, -0.2) is 24.4 Å². The molecule has 14 rings (SSSR count). The minimum atomic E-state index is -1.75. The molecule has 21 nitrogen and oxygen atoms in total. The van der Waals surface area contributed by atoms with Gasteiger partial charge in [-0.2, -0.15) is 28.7 Å². The third-order valence-electron chi connectivity index (χ3n) is 18.6. The van der Waals surface area contributed by atoms with Crippen LogP contribution in [-0.2, 0) is 37.9 Å². The lowest BCUT2D eigenvalue weighted by atomic mass is 9.50. The van der Waals surface area contributed by atoms with Crippen molar-refractivity contribution in [3.8, 4) is 24.7 Å². The summed E-state index contributed by atoms with van der Waals surface area (Å²) in [5, 5.41) is 0. The number of imidazole rings is 2. The van der Waals surface area contributed by atoms with E-state index < -0.39 is 91.5 Å².